The molecule has 0 aromatic carbocycles. The van der Waals surface area contributed by atoms with Crippen molar-refractivity contribution in [2.75, 3.05) is 19.8 Å². The molecule has 2 fully saturated rings. The number of unbranched alkanes of at least 4 members (excludes halogenated alkanes) is 7. The molecule has 0 aromatic heterocycles. The Morgan fingerprint density at radius 1 is 1.07 bits per heavy atom. The van der Waals surface area contributed by atoms with E-state index < -0.39 is 47.2 Å². The van der Waals surface area contributed by atoms with E-state index in [9.17, 15) is 19.8 Å². The maximum Gasteiger partial charge on any atom is 0.306 e. The van der Waals surface area contributed by atoms with Crippen LogP contribution in [0.3, 0.4) is 0 Å². The molecule has 9 atom stereocenters. The Bertz CT molecular complexity index is 735. The highest BCUT2D eigenvalue weighted by Crippen LogP contribution is 2.33. The van der Waals surface area contributed by atoms with E-state index in [0.29, 0.717) is 5.92 Å². The number of ether oxygens (including phenoxy) is 2. The minimum absolute atomic E-state index is 0. The van der Waals surface area contributed by atoms with Crippen molar-refractivity contribution < 1.29 is 29.3 Å². The zero-order valence-electron chi connectivity index (χ0n) is 25.1. The highest BCUT2D eigenvalue weighted by Gasteiger charge is 2.50. The zero-order chi connectivity index (χ0) is 28.9. The van der Waals surface area contributed by atoms with Crippen molar-refractivity contribution in [3.05, 3.63) is 0 Å². The van der Waals surface area contributed by atoms with Crippen molar-refractivity contribution in [3.63, 3.8) is 0 Å². The Hall–Kier alpha value is -0.290. The molecule has 40 heavy (non-hydrogen) atoms. The van der Waals surface area contributed by atoms with Crippen molar-refractivity contribution in [1.29, 1.82) is 0 Å². The zero-order valence-corrected chi connectivity index (χ0v) is 27.4. The summed E-state index contributed by atoms with van der Waals surface area (Å²) in [5, 5.41) is 24.5. The summed E-state index contributed by atoms with van der Waals surface area (Å²) in [6.07, 6.45) is 9.28. The average molecular weight is 630 g/mol. The van der Waals surface area contributed by atoms with E-state index in [0.717, 1.165) is 45.1 Å². The van der Waals surface area contributed by atoms with Crippen LogP contribution in [0.15, 0.2) is 0 Å². The summed E-state index contributed by atoms with van der Waals surface area (Å²) in [7, 11) is 1.95. The maximum absolute atomic E-state index is 13.2. The van der Waals surface area contributed by atoms with E-state index in [2.05, 4.69) is 24.1 Å². The minimum Gasteiger partial charge on any atom is -0.456 e. The number of carbonyl (C=O) groups excluding carboxylic acids is 2. The SMILES string of the molecule is CCCCCCCCCCC(=O)OC1C(SC)OC(C(NC(=O)C2CC(CCC)CN2C)C(C)Cl)C(O)C1O.Cl. The Morgan fingerprint density at radius 2 is 1.70 bits per heavy atom. The van der Waals surface area contributed by atoms with Crippen molar-refractivity contribution in [2.24, 2.45) is 5.92 Å². The van der Waals surface area contributed by atoms with Crippen LogP contribution in [0.1, 0.15) is 97.8 Å². The molecular weight excluding hydrogens is 575 g/mol. The molecule has 2 rings (SSSR count). The minimum atomic E-state index is -1.38. The van der Waals surface area contributed by atoms with Gasteiger partial charge in [0.05, 0.1) is 17.5 Å². The quantitative estimate of drug-likeness (QED) is 0.119. The van der Waals surface area contributed by atoms with Gasteiger partial charge in [-0.3, -0.25) is 14.5 Å². The number of carbonyl (C=O) groups is 2. The molecule has 0 saturated carbocycles. The van der Waals surface area contributed by atoms with Gasteiger partial charge in [-0.25, -0.2) is 0 Å². The van der Waals surface area contributed by atoms with Gasteiger partial charge in [0.25, 0.3) is 0 Å². The number of esters is 1. The fourth-order valence-electron chi connectivity index (χ4n) is 5.84. The average Bonchev–Trinajstić information content (AvgIpc) is 3.27. The molecule has 11 heteroatoms. The highest BCUT2D eigenvalue weighted by molar-refractivity contribution is 7.99. The van der Waals surface area contributed by atoms with Crippen LogP contribution in [-0.4, -0.2) is 94.2 Å². The summed E-state index contributed by atoms with van der Waals surface area (Å²) in [6, 6.07) is -1.00. The van der Waals surface area contributed by atoms with Gasteiger partial charge in [-0.05, 0) is 45.4 Å². The predicted molar refractivity (Wildman–Crippen MR) is 165 cm³/mol. The van der Waals surface area contributed by atoms with E-state index in [1.165, 1.54) is 43.9 Å². The topological polar surface area (TPSA) is 108 Å². The molecule has 2 heterocycles. The van der Waals surface area contributed by atoms with Crippen LogP contribution in [0, 0.1) is 5.92 Å². The predicted octanol–water partition coefficient (Wildman–Crippen LogP) is 4.89. The summed E-state index contributed by atoms with van der Waals surface area (Å²) >= 11 is 7.78. The van der Waals surface area contributed by atoms with Gasteiger partial charge in [-0.1, -0.05) is 65.2 Å². The van der Waals surface area contributed by atoms with Crippen LogP contribution in [0.2, 0.25) is 0 Å². The molecule has 0 bridgehead atoms. The molecule has 236 valence electrons. The number of hydrogen-bond donors (Lipinski definition) is 3. The van der Waals surface area contributed by atoms with Crippen LogP contribution >= 0.6 is 35.8 Å². The Balaban J connectivity index is 0.00000800. The van der Waals surface area contributed by atoms with Gasteiger partial charge < -0.3 is 25.0 Å². The molecule has 0 aliphatic carbocycles. The van der Waals surface area contributed by atoms with Gasteiger partial charge >= 0.3 is 5.97 Å². The molecule has 2 saturated heterocycles. The first-order chi connectivity index (χ1) is 18.6. The standard InChI is InChI=1S/C29H53ClN2O6S.ClH/c1-6-8-9-10-11-12-13-14-16-22(33)37-27-25(35)24(34)26(38-29(27)39-5)23(19(3)30)31-28(36)21-17-20(15-7-2)18-32(21)4;/h19-21,23-27,29,34-35H,6-18H2,1-5H3,(H,31,36);1H. The number of likely N-dealkylation sites (N-methyl/N-ethyl adjacent to an activating group) is 1. The molecule has 3 N–H and O–H groups in total. The van der Waals surface area contributed by atoms with Gasteiger partial charge in [-0.15, -0.1) is 35.8 Å². The second-order valence-corrected chi connectivity index (χ2v) is 13.0. The number of rotatable bonds is 17. The Labute approximate surface area is 257 Å². The number of aliphatic hydroxyl groups is 2. The van der Waals surface area contributed by atoms with Crippen LogP contribution in [-0.2, 0) is 19.1 Å². The molecule has 8 nitrogen and oxygen atoms in total. The van der Waals surface area contributed by atoms with E-state index in [4.69, 9.17) is 21.1 Å². The molecule has 9 unspecified atom stereocenters. The smallest absolute Gasteiger partial charge is 0.306 e. The number of halogens is 2. The summed E-state index contributed by atoms with van der Waals surface area (Å²) in [5.41, 5.74) is -0.700. The molecular formula is C29H54Cl2N2O6S. The molecule has 0 radical (unpaired) electrons. The monoisotopic (exact) mass is 628 g/mol. The number of thioether (sulfide) groups is 1. The van der Waals surface area contributed by atoms with E-state index in [-0.39, 0.29) is 30.8 Å². The van der Waals surface area contributed by atoms with Gasteiger partial charge in [0.2, 0.25) is 5.91 Å². The molecule has 2 aliphatic rings. The van der Waals surface area contributed by atoms with E-state index >= 15 is 0 Å². The van der Waals surface area contributed by atoms with Crippen molar-refractivity contribution in [3.8, 4) is 0 Å². The fourth-order valence-corrected chi connectivity index (χ4v) is 6.77. The second kappa shape index (κ2) is 19.8. The number of hydrogen-bond acceptors (Lipinski definition) is 8. The first kappa shape index (κ1) is 37.7. The van der Waals surface area contributed by atoms with E-state index in [1.54, 1.807) is 13.2 Å². The number of alkyl halides is 1. The molecule has 2 aliphatic heterocycles. The highest BCUT2D eigenvalue weighted by atomic mass is 35.5. The second-order valence-electron chi connectivity index (χ2n) is 11.4. The van der Waals surface area contributed by atoms with Crippen LogP contribution in [0.5, 0.6) is 0 Å². The third-order valence-corrected chi connectivity index (χ3v) is 9.22. The number of amides is 1. The molecule has 0 spiro atoms. The first-order valence-electron chi connectivity index (χ1n) is 15.0. The summed E-state index contributed by atoms with van der Waals surface area (Å²) < 4.78 is 11.8. The van der Waals surface area contributed by atoms with Crippen molar-refractivity contribution in [1.82, 2.24) is 10.2 Å². The van der Waals surface area contributed by atoms with Gasteiger partial charge in [0.15, 0.2) is 6.10 Å². The lowest BCUT2D eigenvalue weighted by Crippen LogP contribution is -2.65. The molecule has 1 amide bonds. The van der Waals surface area contributed by atoms with Crippen LogP contribution in [0.25, 0.3) is 0 Å². The fraction of sp³-hybridized carbons (Fsp3) is 0.931. The normalized spacial score (nSPS) is 30.4. The Morgan fingerprint density at radius 3 is 2.27 bits per heavy atom. The largest absolute Gasteiger partial charge is 0.456 e. The maximum atomic E-state index is 13.2. The number of likely N-dealkylation sites (tertiary alicyclic amines) is 1. The third kappa shape index (κ3) is 11.4. The van der Waals surface area contributed by atoms with Gasteiger partial charge in [0.1, 0.15) is 23.7 Å². The van der Waals surface area contributed by atoms with E-state index in [1.807, 2.05) is 7.05 Å². The molecule has 0 aromatic rings. The lowest BCUT2D eigenvalue weighted by Gasteiger charge is -2.45. The summed E-state index contributed by atoms with van der Waals surface area (Å²) in [4.78, 5) is 27.9. The lowest BCUT2D eigenvalue weighted by atomic mass is 9.92. The number of nitrogens with zero attached hydrogens (tertiary/aromatic N) is 1. The van der Waals surface area contributed by atoms with Gasteiger partial charge in [-0.2, -0.15) is 0 Å². The van der Waals surface area contributed by atoms with Crippen LogP contribution in [0.4, 0.5) is 0 Å². The third-order valence-electron chi connectivity index (χ3n) is 8.11. The number of aliphatic hydroxyl groups excluding tert-OH is 2. The first-order valence-corrected chi connectivity index (χ1v) is 16.7. The van der Waals surface area contributed by atoms with Crippen molar-refractivity contribution in [2.45, 2.75) is 145 Å². The summed E-state index contributed by atoms with van der Waals surface area (Å²) in [5.74, 6) is -0.0820. The van der Waals surface area contributed by atoms with Crippen molar-refractivity contribution >= 4 is 47.6 Å². The number of nitrogens with one attached hydrogen (secondary N) is 1. The summed E-state index contributed by atoms with van der Waals surface area (Å²) in [6.45, 7) is 6.95. The Kier molecular flexibility index (Phi) is 18.7. The van der Waals surface area contributed by atoms with Crippen LogP contribution < -0.4 is 5.32 Å². The lowest BCUT2D eigenvalue weighted by molar-refractivity contribution is -0.218. The van der Waals surface area contributed by atoms with Gasteiger partial charge in [0, 0.05) is 13.0 Å².